The van der Waals surface area contributed by atoms with Gasteiger partial charge >= 0.3 is 17.9 Å². The number of carbonyl (C=O) groups excluding carboxylic acids is 3. The Morgan fingerprint density at radius 2 is 0.494 bits per heavy atom. The smallest absolute Gasteiger partial charge is 0.306 e. The molecule has 0 aromatic rings. The van der Waals surface area contributed by atoms with E-state index in [9.17, 15) is 14.4 Å². The van der Waals surface area contributed by atoms with Crippen LogP contribution in [-0.4, -0.2) is 37.2 Å². The van der Waals surface area contributed by atoms with Crippen LogP contribution >= 0.6 is 0 Å². The molecule has 6 heteroatoms. The van der Waals surface area contributed by atoms with Crippen molar-refractivity contribution in [2.75, 3.05) is 13.2 Å². The van der Waals surface area contributed by atoms with E-state index in [1.807, 2.05) is 0 Å². The lowest BCUT2D eigenvalue weighted by atomic mass is 10.0. The van der Waals surface area contributed by atoms with Gasteiger partial charge in [0.15, 0.2) is 6.10 Å². The van der Waals surface area contributed by atoms with E-state index in [1.54, 1.807) is 0 Å². The van der Waals surface area contributed by atoms with Crippen molar-refractivity contribution in [1.82, 2.24) is 0 Å². The molecule has 0 aromatic carbocycles. The molecule has 0 heterocycles. The average molecular weight is 1100 g/mol. The molecular formula is C73H128O6. The second-order valence-corrected chi connectivity index (χ2v) is 22.7. The third-order valence-corrected chi connectivity index (χ3v) is 14.9. The van der Waals surface area contributed by atoms with Crippen LogP contribution in [0.15, 0.2) is 85.1 Å². The number of hydrogen-bond donors (Lipinski definition) is 0. The Morgan fingerprint density at radius 3 is 0.772 bits per heavy atom. The lowest BCUT2D eigenvalue weighted by Gasteiger charge is -2.18. The molecular weight excluding hydrogens is 973 g/mol. The quantitative estimate of drug-likeness (QED) is 0.0261. The molecule has 0 saturated carbocycles. The molecule has 0 aromatic heterocycles. The van der Waals surface area contributed by atoms with Gasteiger partial charge < -0.3 is 14.2 Å². The average Bonchev–Trinajstić information content (AvgIpc) is 3.45. The maximum absolute atomic E-state index is 12.9. The zero-order valence-electron chi connectivity index (χ0n) is 52.4. The van der Waals surface area contributed by atoms with Crippen molar-refractivity contribution in [3.8, 4) is 0 Å². The van der Waals surface area contributed by atoms with Gasteiger partial charge in [-0.2, -0.15) is 0 Å². The summed E-state index contributed by atoms with van der Waals surface area (Å²) in [7, 11) is 0. The maximum atomic E-state index is 12.9. The Balaban J connectivity index is 4.33. The molecule has 1 atom stereocenters. The van der Waals surface area contributed by atoms with Gasteiger partial charge in [0.05, 0.1) is 0 Å². The largest absolute Gasteiger partial charge is 0.462 e. The molecule has 0 aliphatic heterocycles. The zero-order valence-corrected chi connectivity index (χ0v) is 52.4. The second-order valence-electron chi connectivity index (χ2n) is 22.7. The van der Waals surface area contributed by atoms with E-state index in [2.05, 4.69) is 106 Å². The molecule has 1 unspecified atom stereocenters. The van der Waals surface area contributed by atoms with Crippen LogP contribution in [0.5, 0.6) is 0 Å². The molecule has 0 aliphatic rings. The molecule has 0 N–H and O–H groups in total. The van der Waals surface area contributed by atoms with Crippen molar-refractivity contribution in [2.45, 2.75) is 348 Å². The van der Waals surface area contributed by atoms with Crippen LogP contribution in [-0.2, 0) is 28.6 Å². The third kappa shape index (κ3) is 65.3. The van der Waals surface area contributed by atoms with Gasteiger partial charge in [0.1, 0.15) is 13.2 Å². The van der Waals surface area contributed by atoms with Crippen molar-refractivity contribution in [3.05, 3.63) is 85.1 Å². The van der Waals surface area contributed by atoms with E-state index >= 15 is 0 Å². The lowest BCUT2D eigenvalue weighted by Crippen LogP contribution is -2.30. The Bertz CT molecular complexity index is 1500. The maximum Gasteiger partial charge on any atom is 0.306 e. The summed E-state index contributed by atoms with van der Waals surface area (Å²) in [6, 6.07) is 0. The Morgan fingerprint density at radius 1 is 0.266 bits per heavy atom. The van der Waals surface area contributed by atoms with Crippen LogP contribution in [0, 0.1) is 0 Å². The van der Waals surface area contributed by atoms with Crippen LogP contribution in [0.25, 0.3) is 0 Å². The van der Waals surface area contributed by atoms with E-state index in [0.717, 1.165) is 122 Å². The fourth-order valence-electron chi connectivity index (χ4n) is 9.84. The van der Waals surface area contributed by atoms with Crippen LogP contribution in [0.2, 0.25) is 0 Å². The first kappa shape index (κ1) is 75.6. The molecule has 0 bridgehead atoms. The number of unbranched alkanes of at least 4 members (excludes halogenated alkanes) is 37. The number of ether oxygens (including phenoxy) is 3. The van der Waals surface area contributed by atoms with Gasteiger partial charge in [-0.1, -0.05) is 331 Å². The Labute approximate surface area is 490 Å². The zero-order chi connectivity index (χ0) is 57.1. The van der Waals surface area contributed by atoms with E-state index in [-0.39, 0.29) is 31.1 Å². The van der Waals surface area contributed by atoms with E-state index in [4.69, 9.17) is 14.2 Å². The normalized spacial score (nSPS) is 12.6. The first-order chi connectivity index (χ1) is 39.0. The molecule has 0 amide bonds. The van der Waals surface area contributed by atoms with Gasteiger partial charge in [-0.25, -0.2) is 0 Å². The van der Waals surface area contributed by atoms with E-state index in [1.165, 1.54) is 180 Å². The van der Waals surface area contributed by atoms with Crippen LogP contribution in [0.3, 0.4) is 0 Å². The van der Waals surface area contributed by atoms with Crippen molar-refractivity contribution < 1.29 is 28.6 Å². The summed E-state index contributed by atoms with van der Waals surface area (Å²) in [6.45, 7) is 6.56. The summed E-state index contributed by atoms with van der Waals surface area (Å²) >= 11 is 0. The molecule has 79 heavy (non-hydrogen) atoms. The fourth-order valence-corrected chi connectivity index (χ4v) is 9.84. The first-order valence-electron chi connectivity index (χ1n) is 34.1. The highest BCUT2D eigenvalue weighted by Crippen LogP contribution is 2.18. The van der Waals surface area contributed by atoms with Gasteiger partial charge in [0.25, 0.3) is 0 Å². The second kappa shape index (κ2) is 67.1. The summed E-state index contributed by atoms with van der Waals surface area (Å²) in [4.78, 5) is 38.4. The Hall–Kier alpha value is -3.41. The summed E-state index contributed by atoms with van der Waals surface area (Å²) in [5, 5.41) is 0. The van der Waals surface area contributed by atoms with Crippen molar-refractivity contribution >= 4 is 17.9 Å². The molecule has 456 valence electrons. The minimum Gasteiger partial charge on any atom is -0.462 e. The highest BCUT2D eigenvalue weighted by Gasteiger charge is 2.19. The summed E-state index contributed by atoms with van der Waals surface area (Å²) < 4.78 is 17.0. The number of carbonyl (C=O) groups is 3. The molecule has 0 fully saturated rings. The third-order valence-electron chi connectivity index (χ3n) is 14.9. The van der Waals surface area contributed by atoms with E-state index < -0.39 is 6.10 Å². The number of hydrogen-bond acceptors (Lipinski definition) is 6. The lowest BCUT2D eigenvalue weighted by molar-refractivity contribution is -0.167. The van der Waals surface area contributed by atoms with Crippen molar-refractivity contribution in [1.29, 1.82) is 0 Å². The topological polar surface area (TPSA) is 78.9 Å². The summed E-state index contributed by atoms with van der Waals surface area (Å²) in [5.74, 6) is -0.879. The molecule has 0 saturated heterocycles. The van der Waals surface area contributed by atoms with Gasteiger partial charge in [0, 0.05) is 19.3 Å². The van der Waals surface area contributed by atoms with Gasteiger partial charge in [-0.15, -0.1) is 0 Å². The van der Waals surface area contributed by atoms with Crippen molar-refractivity contribution in [2.24, 2.45) is 0 Å². The highest BCUT2D eigenvalue weighted by atomic mass is 16.6. The number of allylic oxidation sites excluding steroid dienone is 14. The number of rotatable bonds is 62. The van der Waals surface area contributed by atoms with Crippen LogP contribution < -0.4 is 0 Å². The van der Waals surface area contributed by atoms with Gasteiger partial charge in [-0.05, 0) is 77.0 Å². The van der Waals surface area contributed by atoms with Gasteiger partial charge in [0.2, 0.25) is 0 Å². The van der Waals surface area contributed by atoms with Crippen LogP contribution in [0.1, 0.15) is 342 Å². The minimum atomic E-state index is -0.783. The SMILES string of the molecule is CC/C=C\C/C=C\C/C=C\C/C=C\C/C=C\C/C=C\C/C=C\CCCCCCCC(=O)OCC(COC(=O)CCCCCCCCCCCCCCC)OC(=O)CCCCCCCCCCCCCCCCCCCCCCC. The number of esters is 3. The first-order valence-corrected chi connectivity index (χ1v) is 34.1. The monoisotopic (exact) mass is 1100 g/mol. The predicted molar refractivity (Wildman–Crippen MR) is 344 cm³/mol. The van der Waals surface area contributed by atoms with E-state index in [0.29, 0.717) is 19.3 Å². The molecule has 0 radical (unpaired) electrons. The minimum absolute atomic E-state index is 0.0779. The molecule has 0 rings (SSSR count). The Kier molecular flexibility index (Phi) is 64.2. The summed E-state index contributed by atoms with van der Waals surface area (Å²) in [5.41, 5.74) is 0. The fraction of sp³-hybridized carbons (Fsp3) is 0.767. The molecule has 6 nitrogen and oxygen atoms in total. The molecule has 0 spiro atoms. The molecule has 0 aliphatic carbocycles. The standard InChI is InChI=1S/C73H128O6/c1-4-7-10-13-16-19-22-25-27-29-31-33-34-35-36-37-38-40-41-43-45-48-51-54-57-60-63-66-72(75)78-69-70(68-77-71(74)65-62-59-56-53-50-47-24-21-18-15-12-9-6-3)79-73(76)67-64-61-58-55-52-49-46-44-42-39-32-30-28-26-23-20-17-14-11-8-5-2/h7,10,16,19,25,27,31,33,35-36,38,40,43,45,70H,4-6,8-9,11-15,17-18,20-24,26,28-30,32,34,37,39,41-42,44,46-69H2,1-3H3/b10-7-,19-16-,27-25-,33-31-,36-35-,40-38-,45-43-. The van der Waals surface area contributed by atoms with Crippen molar-refractivity contribution in [3.63, 3.8) is 0 Å². The summed E-state index contributed by atoms with van der Waals surface area (Å²) in [6.07, 6.45) is 88.8. The highest BCUT2D eigenvalue weighted by molar-refractivity contribution is 5.71. The predicted octanol–water partition coefficient (Wildman–Crippen LogP) is 23.4. The van der Waals surface area contributed by atoms with Crippen LogP contribution in [0.4, 0.5) is 0 Å². The van der Waals surface area contributed by atoms with Gasteiger partial charge in [-0.3, -0.25) is 14.4 Å².